The van der Waals surface area contributed by atoms with Gasteiger partial charge in [-0.25, -0.2) is 14.6 Å². The number of nitro groups is 1. The van der Waals surface area contributed by atoms with Crippen LogP contribution >= 0.6 is 0 Å². The van der Waals surface area contributed by atoms with E-state index < -0.39 is 22.8 Å². The van der Waals surface area contributed by atoms with Gasteiger partial charge >= 0.3 is 11.9 Å². The van der Waals surface area contributed by atoms with Crippen molar-refractivity contribution in [3.05, 3.63) is 116 Å². The molecule has 1 unspecified atom stereocenters. The number of ether oxygens (including phenoxy) is 2. The minimum Gasteiger partial charge on any atom is -0.466 e. The number of aromatic nitrogens is 2. The Bertz CT molecular complexity index is 1510. The first-order valence-corrected chi connectivity index (χ1v) is 12.7. The lowest BCUT2D eigenvalue weighted by molar-refractivity contribution is -0.384. The van der Waals surface area contributed by atoms with Crippen LogP contribution in [0.4, 0.5) is 5.69 Å². The average molecular weight is 560 g/mol. The molecule has 41 heavy (non-hydrogen) atoms. The maximum atomic E-state index is 13.2. The van der Waals surface area contributed by atoms with Gasteiger partial charge in [-0.05, 0) is 30.5 Å². The number of H-pyrrole nitrogens is 1. The third-order valence-corrected chi connectivity index (χ3v) is 6.39. The number of esters is 2. The molecule has 212 valence electrons. The average Bonchev–Trinajstić information content (AvgIpc) is 3.48. The number of aromatic amines is 1. The van der Waals surface area contributed by atoms with E-state index in [1.807, 2.05) is 24.3 Å². The van der Waals surface area contributed by atoms with Crippen molar-refractivity contribution in [3.63, 3.8) is 0 Å². The normalized spacial score (nSPS) is 15.0. The molecular weight excluding hydrogens is 530 g/mol. The summed E-state index contributed by atoms with van der Waals surface area (Å²) in [4.78, 5) is 49.4. The summed E-state index contributed by atoms with van der Waals surface area (Å²) in [5.74, 6) is -1.44. The zero-order valence-corrected chi connectivity index (χ0v) is 22.7. The Labute approximate surface area is 235 Å². The molecule has 1 aromatic heterocycles. The number of hydrogen-bond acceptors (Lipinski definition) is 10. The van der Waals surface area contributed by atoms with E-state index in [-0.39, 0.29) is 30.0 Å². The first-order valence-electron chi connectivity index (χ1n) is 12.7. The van der Waals surface area contributed by atoms with Crippen molar-refractivity contribution in [2.45, 2.75) is 26.2 Å². The van der Waals surface area contributed by atoms with Crippen molar-refractivity contribution in [2.24, 2.45) is 5.16 Å². The van der Waals surface area contributed by atoms with Gasteiger partial charge in [0.15, 0.2) is 6.61 Å². The smallest absolute Gasteiger partial charge is 0.336 e. The van der Waals surface area contributed by atoms with E-state index in [0.717, 1.165) is 17.0 Å². The van der Waals surface area contributed by atoms with Gasteiger partial charge in [-0.2, -0.15) is 0 Å². The summed E-state index contributed by atoms with van der Waals surface area (Å²) in [7, 11) is 1.23. The molecule has 12 nitrogen and oxygen atoms in total. The van der Waals surface area contributed by atoms with E-state index in [2.05, 4.69) is 20.4 Å². The van der Waals surface area contributed by atoms with Crippen LogP contribution in [0.2, 0.25) is 0 Å². The fraction of sp³-hybridized carbons (Fsp3) is 0.241. The lowest BCUT2D eigenvalue weighted by atomic mass is 9.80. The Balaban J connectivity index is 1.39. The first-order chi connectivity index (χ1) is 19.8. The zero-order chi connectivity index (χ0) is 29.4. The van der Waals surface area contributed by atoms with Crippen LogP contribution in [-0.2, 0) is 30.3 Å². The number of carbonyl (C=O) groups is 2. The van der Waals surface area contributed by atoms with Crippen molar-refractivity contribution in [1.29, 1.82) is 0 Å². The highest BCUT2D eigenvalue weighted by molar-refractivity contribution is 5.99. The van der Waals surface area contributed by atoms with Crippen LogP contribution in [0.25, 0.3) is 0 Å². The summed E-state index contributed by atoms with van der Waals surface area (Å²) in [6.45, 7) is 3.20. The lowest BCUT2D eigenvalue weighted by Gasteiger charge is -2.30. The van der Waals surface area contributed by atoms with E-state index in [1.54, 1.807) is 38.5 Å². The number of hydrogen-bond donors (Lipinski definition) is 2. The Kier molecular flexibility index (Phi) is 9.25. The van der Waals surface area contributed by atoms with E-state index >= 15 is 0 Å². The highest BCUT2D eigenvalue weighted by Gasteiger charge is 2.38. The molecule has 2 N–H and O–H groups in total. The molecule has 12 heteroatoms. The number of nitrogens with one attached hydrogen (secondary N) is 2. The summed E-state index contributed by atoms with van der Waals surface area (Å²) in [6, 6.07) is 13.5. The molecule has 0 saturated carbocycles. The Morgan fingerprint density at radius 3 is 2.46 bits per heavy atom. The second kappa shape index (κ2) is 13.2. The van der Waals surface area contributed by atoms with Gasteiger partial charge in [-0.3, -0.25) is 10.1 Å². The summed E-state index contributed by atoms with van der Waals surface area (Å²) in [5, 5.41) is 18.3. The molecule has 1 atom stereocenters. The van der Waals surface area contributed by atoms with Gasteiger partial charge in [0.1, 0.15) is 12.4 Å². The number of rotatable bonds is 11. The molecule has 0 spiro atoms. The number of allylic oxidation sites excluding steroid dienone is 2. The predicted octanol–water partition coefficient (Wildman–Crippen LogP) is 3.91. The standard InChI is InChI=1S/C29H29N5O7/c1-18-25(28(35)39-3)27(22-5-4-6-23(16-22)34(37)38)26(19(2)33-18)29(36)40-13-14-41-32-17-21-9-7-20(8-10-21)15-24-30-11-12-31-24/h4-12,16-17,27,33H,13-15H2,1-3H3,(H,30,31). The minimum absolute atomic E-state index is 0.0151. The number of non-ortho nitro benzene ring substituents is 1. The van der Waals surface area contributed by atoms with Gasteiger partial charge < -0.3 is 24.6 Å². The number of oxime groups is 1. The van der Waals surface area contributed by atoms with Crippen LogP contribution in [0.3, 0.4) is 0 Å². The van der Waals surface area contributed by atoms with Gasteiger partial charge in [0.2, 0.25) is 0 Å². The molecule has 1 aliphatic heterocycles. The minimum atomic E-state index is -0.939. The quantitative estimate of drug-likeness (QED) is 0.117. The number of nitrogens with zero attached hydrogens (tertiary/aromatic N) is 3. The Hall–Kier alpha value is -5.26. The monoisotopic (exact) mass is 559 g/mol. The van der Waals surface area contributed by atoms with E-state index in [4.69, 9.17) is 14.3 Å². The molecule has 3 aromatic rings. The van der Waals surface area contributed by atoms with Gasteiger partial charge in [0, 0.05) is 42.3 Å². The topological polar surface area (TPSA) is 158 Å². The predicted molar refractivity (Wildman–Crippen MR) is 149 cm³/mol. The molecule has 0 amide bonds. The van der Waals surface area contributed by atoms with E-state index in [9.17, 15) is 19.7 Å². The Morgan fingerprint density at radius 1 is 1.07 bits per heavy atom. The van der Waals surface area contributed by atoms with Gasteiger partial charge in [-0.1, -0.05) is 41.6 Å². The molecule has 0 fully saturated rings. The molecular formula is C29H29N5O7. The number of nitro benzene ring substituents is 1. The van der Waals surface area contributed by atoms with Crippen molar-refractivity contribution in [2.75, 3.05) is 20.3 Å². The van der Waals surface area contributed by atoms with Crippen LogP contribution in [0, 0.1) is 10.1 Å². The van der Waals surface area contributed by atoms with Crippen LogP contribution in [0.1, 0.15) is 42.3 Å². The maximum absolute atomic E-state index is 13.2. The molecule has 0 aliphatic carbocycles. The SMILES string of the molecule is COC(=O)C1=C(C)NC(C)=C(C(=O)OCCON=Cc2ccc(Cc3ncc[nH]3)cc2)C1c1cccc([N+](=O)[O-])c1. The second-order valence-corrected chi connectivity index (χ2v) is 9.14. The number of imidazole rings is 1. The third kappa shape index (κ3) is 7.04. The summed E-state index contributed by atoms with van der Waals surface area (Å²) < 4.78 is 10.4. The van der Waals surface area contributed by atoms with Gasteiger partial charge in [0.25, 0.3) is 5.69 Å². The van der Waals surface area contributed by atoms with Crippen LogP contribution in [-0.4, -0.2) is 53.4 Å². The first kappa shape index (κ1) is 28.7. The van der Waals surface area contributed by atoms with Crippen LogP contribution in [0.15, 0.2) is 88.6 Å². The fourth-order valence-electron chi connectivity index (χ4n) is 4.51. The number of dihydropyridines is 1. The zero-order valence-electron chi connectivity index (χ0n) is 22.7. The summed E-state index contributed by atoms with van der Waals surface area (Å²) in [6.07, 6.45) is 5.73. The van der Waals surface area contributed by atoms with E-state index in [1.165, 1.54) is 25.3 Å². The van der Waals surface area contributed by atoms with E-state index in [0.29, 0.717) is 23.4 Å². The van der Waals surface area contributed by atoms with Gasteiger partial charge in [-0.15, -0.1) is 0 Å². The van der Waals surface area contributed by atoms with Crippen LogP contribution < -0.4 is 5.32 Å². The molecule has 4 rings (SSSR count). The Morgan fingerprint density at radius 2 is 1.80 bits per heavy atom. The molecule has 0 saturated heterocycles. The van der Waals surface area contributed by atoms with Crippen molar-refractivity contribution < 1.29 is 28.8 Å². The fourth-order valence-corrected chi connectivity index (χ4v) is 4.51. The van der Waals surface area contributed by atoms with Crippen molar-refractivity contribution in [1.82, 2.24) is 15.3 Å². The number of benzene rings is 2. The summed E-state index contributed by atoms with van der Waals surface area (Å²) >= 11 is 0. The molecule has 1 aliphatic rings. The highest BCUT2D eigenvalue weighted by atomic mass is 16.6. The number of methoxy groups -OCH3 is 1. The molecule has 0 bridgehead atoms. The molecule has 2 aromatic carbocycles. The largest absolute Gasteiger partial charge is 0.466 e. The van der Waals surface area contributed by atoms with Gasteiger partial charge in [0.05, 0.1) is 35.3 Å². The highest BCUT2D eigenvalue weighted by Crippen LogP contribution is 2.40. The van der Waals surface area contributed by atoms with Crippen molar-refractivity contribution in [3.8, 4) is 0 Å². The maximum Gasteiger partial charge on any atom is 0.336 e. The van der Waals surface area contributed by atoms with Crippen LogP contribution in [0.5, 0.6) is 0 Å². The molecule has 0 radical (unpaired) electrons. The number of carbonyl (C=O) groups excluding carboxylic acids is 2. The second-order valence-electron chi connectivity index (χ2n) is 9.14. The van der Waals surface area contributed by atoms with Crippen molar-refractivity contribution >= 4 is 23.8 Å². The lowest BCUT2D eigenvalue weighted by Crippen LogP contribution is -2.32. The third-order valence-electron chi connectivity index (χ3n) is 6.39. The summed E-state index contributed by atoms with van der Waals surface area (Å²) in [5.41, 5.74) is 3.33. The molecule has 2 heterocycles.